The SMILES string of the molecule is OC(CNCc1ccoc1)C(F)F. The Morgan fingerprint density at radius 3 is 2.85 bits per heavy atom. The van der Waals surface area contributed by atoms with Crippen LogP contribution in [0.25, 0.3) is 0 Å². The van der Waals surface area contributed by atoms with E-state index >= 15 is 0 Å². The first kappa shape index (κ1) is 10.1. The van der Waals surface area contributed by atoms with Gasteiger partial charge in [-0.1, -0.05) is 0 Å². The van der Waals surface area contributed by atoms with Crippen molar-refractivity contribution in [2.24, 2.45) is 0 Å². The lowest BCUT2D eigenvalue weighted by molar-refractivity contribution is -0.00341. The summed E-state index contributed by atoms with van der Waals surface area (Å²) in [7, 11) is 0. The molecule has 13 heavy (non-hydrogen) atoms. The summed E-state index contributed by atoms with van der Waals surface area (Å²) in [4.78, 5) is 0. The molecule has 1 heterocycles. The van der Waals surface area contributed by atoms with Gasteiger partial charge >= 0.3 is 0 Å². The third kappa shape index (κ3) is 3.52. The third-order valence-electron chi connectivity index (χ3n) is 1.55. The molecule has 74 valence electrons. The number of nitrogens with one attached hydrogen (secondary N) is 1. The van der Waals surface area contributed by atoms with Gasteiger partial charge in [-0.3, -0.25) is 0 Å². The summed E-state index contributed by atoms with van der Waals surface area (Å²) in [6.45, 7) is 0.295. The molecular weight excluding hydrogens is 180 g/mol. The van der Waals surface area contributed by atoms with Crippen LogP contribution in [-0.4, -0.2) is 24.2 Å². The van der Waals surface area contributed by atoms with Crippen molar-refractivity contribution >= 4 is 0 Å². The van der Waals surface area contributed by atoms with E-state index in [0.29, 0.717) is 6.54 Å². The molecule has 1 aromatic heterocycles. The molecule has 1 aromatic rings. The number of furan rings is 1. The van der Waals surface area contributed by atoms with Gasteiger partial charge in [0.15, 0.2) is 0 Å². The maximum absolute atomic E-state index is 11.8. The lowest BCUT2D eigenvalue weighted by Crippen LogP contribution is -2.31. The first-order valence-electron chi connectivity index (χ1n) is 3.88. The van der Waals surface area contributed by atoms with Crippen LogP contribution in [0.5, 0.6) is 0 Å². The van der Waals surface area contributed by atoms with E-state index in [0.717, 1.165) is 5.56 Å². The zero-order valence-corrected chi connectivity index (χ0v) is 6.91. The van der Waals surface area contributed by atoms with Gasteiger partial charge in [0.2, 0.25) is 0 Å². The van der Waals surface area contributed by atoms with Gasteiger partial charge in [0.25, 0.3) is 6.43 Å². The van der Waals surface area contributed by atoms with Crippen LogP contribution in [0.3, 0.4) is 0 Å². The molecule has 0 aliphatic heterocycles. The summed E-state index contributed by atoms with van der Waals surface area (Å²) in [5, 5.41) is 11.4. The molecule has 0 radical (unpaired) electrons. The molecule has 1 unspecified atom stereocenters. The summed E-state index contributed by atoms with van der Waals surface area (Å²) < 4.78 is 28.3. The highest BCUT2D eigenvalue weighted by molar-refractivity contribution is 5.04. The van der Waals surface area contributed by atoms with Crippen molar-refractivity contribution < 1.29 is 18.3 Å². The fourth-order valence-corrected chi connectivity index (χ4v) is 0.847. The van der Waals surface area contributed by atoms with Crippen LogP contribution in [0.4, 0.5) is 8.78 Å². The van der Waals surface area contributed by atoms with Crippen molar-refractivity contribution in [2.75, 3.05) is 6.54 Å². The van der Waals surface area contributed by atoms with Crippen LogP contribution in [0.2, 0.25) is 0 Å². The average molecular weight is 191 g/mol. The van der Waals surface area contributed by atoms with Gasteiger partial charge in [0.05, 0.1) is 12.5 Å². The summed E-state index contributed by atoms with van der Waals surface area (Å²) in [6, 6.07) is 1.72. The van der Waals surface area contributed by atoms with E-state index in [1.54, 1.807) is 6.07 Å². The van der Waals surface area contributed by atoms with Crippen molar-refractivity contribution in [3.05, 3.63) is 24.2 Å². The monoisotopic (exact) mass is 191 g/mol. The highest BCUT2D eigenvalue weighted by Gasteiger charge is 2.15. The van der Waals surface area contributed by atoms with E-state index < -0.39 is 12.5 Å². The Kier molecular flexibility index (Phi) is 3.85. The largest absolute Gasteiger partial charge is 0.472 e. The van der Waals surface area contributed by atoms with Crippen molar-refractivity contribution in [2.45, 2.75) is 19.1 Å². The van der Waals surface area contributed by atoms with Gasteiger partial charge in [-0.25, -0.2) is 8.78 Å². The minimum Gasteiger partial charge on any atom is -0.472 e. The van der Waals surface area contributed by atoms with Crippen LogP contribution in [0, 0.1) is 0 Å². The molecule has 2 N–H and O–H groups in total. The molecule has 0 spiro atoms. The molecule has 1 rings (SSSR count). The second-order valence-corrected chi connectivity index (χ2v) is 2.66. The Morgan fingerprint density at radius 1 is 1.54 bits per heavy atom. The van der Waals surface area contributed by atoms with E-state index in [1.807, 2.05) is 0 Å². The molecule has 3 nitrogen and oxygen atoms in total. The smallest absolute Gasteiger partial charge is 0.265 e. The minimum absolute atomic E-state index is 0.122. The Bertz CT molecular complexity index is 226. The molecule has 0 saturated heterocycles. The number of hydrogen-bond donors (Lipinski definition) is 2. The normalized spacial score (nSPS) is 13.5. The first-order valence-corrected chi connectivity index (χ1v) is 3.88. The molecule has 0 amide bonds. The molecular formula is C8H11F2NO2. The second-order valence-electron chi connectivity index (χ2n) is 2.66. The minimum atomic E-state index is -2.70. The first-order chi connectivity index (χ1) is 6.20. The van der Waals surface area contributed by atoms with Crippen molar-refractivity contribution in [3.8, 4) is 0 Å². The topological polar surface area (TPSA) is 45.4 Å². The quantitative estimate of drug-likeness (QED) is 0.729. The molecule has 0 bridgehead atoms. The highest BCUT2D eigenvalue weighted by Crippen LogP contribution is 2.01. The average Bonchev–Trinajstić information content (AvgIpc) is 2.56. The Balaban J connectivity index is 2.14. The third-order valence-corrected chi connectivity index (χ3v) is 1.55. The Labute approximate surface area is 74.4 Å². The number of alkyl halides is 2. The summed E-state index contributed by atoms with van der Waals surface area (Å²) in [5.74, 6) is 0. The zero-order valence-electron chi connectivity index (χ0n) is 6.91. The predicted molar refractivity (Wildman–Crippen MR) is 42.4 cm³/mol. The van der Waals surface area contributed by atoms with Gasteiger partial charge in [-0.2, -0.15) is 0 Å². The summed E-state index contributed by atoms with van der Waals surface area (Å²) in [6.07, 6.45) is -1.29. The van der Waals surface area contributed by atoms with Crippen LogP contribution >= 0.6 is 0 Å². The summed E-state index contributed by atoms with van der Waals surface area (Å²) in [5.41, 5.74) is 0.862. The van der Waals surface area contributed by atoms with Crippen molar-refractivity contribution in [1.29, 1.82) is 0 Å². The molecule has 0 aliphatic carbocycles. The van der Waals surface area contributed by atoms with E-state index in [-0.39, 0.29) is 6.54 Å². The standard InChI is InChI=1S/C8H11F2NO2/c9-8(10)7(12)4-11-3-6-1-2-13-5-6/h1-2,5,7-8,11-12H,3-4H2. The fourth-order valence-electron chi connectivity index (χ4n) is 0.847. The van der Waals surface area contributed by atoms with Crippen LogP contribution in [-0.2, 0) is 6.54 Å². The van der Waals surface area contributed by atoms with E-state index in [9.17, 15) is 8.78 Å². The number of aliphatic hydroxyl groups is 1. The second kappa shape index (κ2) is 4.94. The predicted octanol–water partition coefficient (Wildman–Crippen LogP) is 0.995. The Morgan fingerprint density at radius 2 is 2.31 bits per heavy atom. The van der Waals surface area contributed by atoms with Crippen LogP contribution in [0.1, 0.15) is 5.56 Å². The van der Waals surface area contributed by atoms with Crippen molar-refractivity contribution in [1.82, 2.24) is 5.32 Å². The van der Waals surface area contributed by atoms with Gasteiger partial charge in [-0.05, 0) is 6.07 Å². The highest BCUT2D eigenvalue weighted by atomic mass is 19.3. The van der Waals surface area contributed by atoms with E-state index in [4.69, 9.17) is 9.52 Å². The maximum Gasteiger partial charge on any atom is 0.265 e. The van der Waals surface area contributed by atoms with Crippen LogP contribution < -0.4 is 5.32 Å². The number of rotatable bonds is 5. The molecule has 1 atom stereocenters. The Hall–Kier alpha value is -0.940. The van der Waals surface area contributed by atoms with Gasteiger partial charge in [0, 0.05) is 18.7 Å². The van der Waals surface area contributed by atoms with Crippen LogP contribution in [0.15, 0.2) is 23.0 Å². The fraction of sp³-hybridized carbons (Fsp3) is 0.500. The van der Waals surface area contributed by atoms with E-state index in [1.165, 1.54) is 12.5 Å². The number of aliphatic hydroxyl groups excluding tert-OH is 1. The van der Waals surface area contributed by atoms with Gasteiger partial charge in [-0.15, -0.1) is 0 Å². The molecule has 5 heteroatoms. The van der Waals surface area contributed by atoms with E-state index in [2.05, 4.69) is 5.32 Å². The number of hydrogen-bond acceptors (Lipinski definition) is 3. The van der Waals surface area contributed by atoms with Gasteiger partial charge < -0.3 is 14.8 Å². The van der Waals surface area contributed by atoms with Crippen molar-refractivity contribution in [3.63, 3.8) is 0 Å². The summed E-state index contributed by atoms with van der Waals surface area (Å²) >= 11 is 0. The number of halogens is 2. The molecule has 0 fully saturated rings. The molecule has 0 aromatic carbocycles. The molecule has 0 aliphatic rings. The van der Waals surface area contributed by atoms with Gasteiger partial charge in [0.1, 0.15) is 6.10 Å². The lowest BCUT2D eigenvalue weighted by Gasteiger charge is -2.09. The maximum atomic E-state index is 11.8. The zero-order chi connectivity index (χ0) is 9.68. The lowest BCUT2D eigenvalue weighted by atomic mass is 10.3. The molecule has 0 saturated carbocycles.